The summed E-state index contributed by atoms with van der Waals surface area (Å²) in [4.78, 5) is 8.85. The monoisotopic (exact) mass is 229 g/mol. The number of aromatic amines is 1. The maximum Gasteiger partial charge on any atom is 0.127 e. The minimum absolute atomic E-state index is 0.316. The van der Waals surface area contributed by atoms with E-state index in [2.05, 4.69) is 34.4 Å². The number of rotatable bonds is 2. The summed E-state index contributed by atoms with van der Waals surface area (Å²) < 4.78 is 0. The number of aryl methyl sites for hydroxylation is 1. The third-order valence-electron chi connectivity index (χ3n) is 3.10. The van der Waals surface area contributed by atoms with Crippen molar-refractivity contribution in [3.63, 3.8) is 0 Å². The molecule has 0 amide bonds. The van der Waals surface area contributed by atoms with Gasteiger partial charge in [-0.15, -0.1) is 11.3 Å². The van der Waals surface area contributed by atoms with E-state index in [4.69, 9.17) is 5.26 Å². The molecule has 1 saturated carbocycles. The first kappa shape index (κ1) is 9.61. The molecule has 1 N–H and O–H groups in total. The maximum absolute atomic E-state index is 9.10. The van der Waals surface area contributed by atoms with E-state index in [9.17, 15) is 0 Å². The van der Waals surface area contributed by atoms with E-state index in [1.54, 1.807) is 11.3 Å². The van der Waals surface area contributed by atoms with E-state index in [0.717, 1.165) is 24.4 Å². The summed E-state index contributed by atoms with van der Waals surface area (Å²) in [6, 6.07) is 4.45. The van der Waals surface area contributed by atoms with Crippen LogP contribution >= 0.6 is 11.3 Å². The van der Waals surface area contributed by atoms with E-state index in [1.165, 1.54) is 10.4 Å². The second kappa shape index (κ2) is 3.19. The minimum atomic E-state index is -0.316. The first-order valence-corrected chi connectivity index (χ1v) is 6.14. The number of hydrogen-bond acceptors (Lipinski definition) is 3. The smallest absolute Gasteiger partial charge is 0.127 e. The molecule has 0 aromatic carbocycles. The SMILES string of the molecule is Cc1ccsc1-c1cnc(C2(C#N)CC2)[nH]1. The summed E-state index contributed by atoms with van der Waals surface area (Å²) in [5, 5.41) is 11.2. The van der Waals surface area contributed by atoms with Crippen molar-refractivity contribution in [2.75, 3.05) is 0 Å². The molecule has 4 heteroatoms. The Morgan fingerprint density at radius 2 is 2.38 bits per heavy atom. The highest BCUT2D eigenvalue weighted by atomic mass is 32.1. The normalized spacial score (nSPS) is 17.0. The standard InChI is InChI=1S/C12H11N3S/c1-8-2-5-16-10(8)9-6-14-11(15-9)12(7-13)3-4-12/h2,5-6H,3-4H2,1H3,(H,14,15). The van der Waals surface area contributed by atoms with Crippen molar-refractivity contribution in [3.8, 4) is 16.6 Å². The van der Waals surface area contributed by atoms with E-state index < -0.39 is 0 Å². The number of H-pyrrole nitrogens is 1. The quantitative estimate of drug-likeness (QED) is 0.860. The van der Waals surface area contributed by atoms with Gasteiger partial charge in [-0.3, -0.25) is 0 Å². The van der Waals surface area contributed by atoms with Crippen molar-refractivity contribution in [1.82, 2.24) is 9.97 Å². The molecule has 0 radical (unpaired) electrons. The van der Waals surface area contributed by atoms with E-state index in [1.807, 2.05) is 6.20 Å². The summed E-state index contributed by atoms with van der Waals surface area (Å²) in [6.45, 7) is 2.09. The predicted molar refractivity (Wildman–Crippen MR) is 63.2 cm³/mol. The largest absolute Gasteiger partial charge is 0.340 e. The van der Waals surface area contributed by atoms with Gasteiger partial charge in [-0.25, -0.2) is 4.98 Å². The van der Waals surface area contributed by atoms with Crippen LogP contribution in [0.1, 0.15) is 24.2 Å². The van der Waals surface area contributed by atoms with Crippen LogP contribution in [0.25, 0.3) is 10.6 Å². The van der Waals surface area contributed by atoms with Crippen molar-refractivity contribution < 1.29 is 0 Å². The molecule has 1 aliphatic carbocycles. The topological polar surface area (TPSA) is 52.5 Å². The molecule has 0 bridgehead atoms. The van der Waals surface area contributed by atoms with Crippen LogP contribution in [0, 0.1) is 18.3 Å². The van der Waals surface area contributed by atoms with Crippen LogP contribution < -0.4 is 0 Å². The third-order valence-corrected chi connectivity index (χ3v) is 4.15. The number of hydrogen-bond donors (Lipinski definition) is 1. The van der Waals surface area contributed by atoms with Crippen LogP contribution in [0.2, 0.25) is 0 Å². The van der Waals surface area contributed by atoms with Crippen molar-refractivity contribution >= 4 is 11.3 Å². The molecule has 0 spiro atoms. The van der Waals surface area contributed by atoms with Crippen molar-refractivity contribution in [2.45, 2.75) is 25.2 Å². The molecule has 16 heavy (non-hydrogen) atoms. The van der Waals surface area contributed by atoms with Crippen LogP contribution in [-0.4, -0.2) is 9.97 Å². The fraction of sp³-hybridized carbons (Fsp3) is 0.333. The van der Waals surface area contributed by atoms with E-state index >= 15 is 0 Å². The molecule has 80 valence electrons. The molecular weight excluding hydrogens is 218 g/mol. The number of nitrogens with one attached hydrogen (secondary N) is 1. The van der Waals surface area contributed by atoms with Gasteiger partial charge >= 0.3 is 0 Å². The Hall–Kier alpha value is -1.60. The molecular formula is C12H11N3S. The first-order valence-electron chi connectivity index (χ1n) is 5.26. The number of nitrogens with zero attached hydrogens (tertiary/aromatic N) is 2. The summed E-state index contributed by atoms with van der Waals surface area (Å²) in [7, 11) is 0. The summed E-state index contributed by atoms with van der Waals surface area (Å²) in [6.07, 6.45) is 3.70. The minimum Gasteiger partial charge on any atom is -0.340 e. The molecule has 1 aliphatic rings. The van der Waals surface area contributed by atoms with Gasteiger partial charge < -0.3 is 4.98 Å². The van der Waals surface area contributed by atoms with Crippen LogP contribution in [-0.2, 0) is 5.41 Å². The van der Waals surface area contributed by atoms with Crippen LogP contribution in [0.4, 0.5) is 0 Å². The fourth-order valence-corrected chi connectivity index (χ4v) is 2.75. The van der Waals surface area contributed by atoms with Crippen LogP contribution in [0.3, 0.4) is 0 Å². The molecule has 0 saturated heterocycles. The summed E-state index contributed by atoms with van der Waals surface area (Å²) >= 11 is 1.70. The third kappa shape index (κ3) is 1.29. The zero-order valence-corrected chi connectivity index (χ0v) is 9.77. The van der Waals surface area contributed by atoms with E-state index in [0.29, 0.717) is 0 Å². The van der Waals surface area contributed by atoms with Gasteiger partial charge in [0.2, 0.25) is 0 Å². The number of aromatic nitrogens is 2. The molecule has 1 fully saturated rings. The summed E-state index contributed by atoms with van der Waals surface area (Å²) in [5.41, 5.74) is 1.97. The Kier molecular flexibility index (Phi) is 1.92. The van der Waals surface area contributed by atoms with Gasteiger partial charge in [-0.2, -0.15) is 5.26 Å². The van der Waals surface area contributed by atoms with Gasteiger partial charge in [0.25, 0.3) is 0 Å². The summed E-state index contributed by atoms with van der Waals surface area (Å²) in [5.74, 6) is 0.831. The highest BCUT2D eigenvalue weighted by molar-refractivity contribution is 7.13. The van der Waals surface area contributed by atoms with Crippen LogP contribution in [0.15, 0.2) is 17.6 Å². The Morgan fingerprint density at radius 3 is 2.94 bits per heavy atom. The van der Waals surface area contributed by atoms with Crippen molar-refractivity contribution in [3.05, 3.63) is 29.0 Å². The first-order chi connectivity index (χ1) is 7.75. The molecule has 3 rings (SSSR count). The highest BCUT2D eigenvalue weighted by Gasteiger charge is 2.47. The lowest BCUT2D eigenvalue weighted by Gasteiger charge is -1.99. The molecule has 2 heterocycles. The molecule has 0 unspecified atom stereocenters. The highest BCUT2D eigenvalue weighted by Crippen LogP contribution is 2.46. The second-order valence-corrected chi connectivity index (χ2v) is 5.19. The molecule has 3 nitrogen and oxygen atoms in total. The molecule has 2 aromatic rings. The Bertz CT molecular complexity index is 569. The average Bonchev–Trinajstić information content (AvgIpc) is 2.72. The van der Waals surface area contributed by atoms with Gasteiger partial charge in [-0.05, 0) is 36.8 Å². The molecule has 2 aromatic heterocycles. The van der Waals surface area contributed by atoms with Crippen molar-refractivity contribution in [2.24, 2.45) is 0 Å². The van der Waals surface area contributed by atoms with Gasteiger partial charge in [0, 0.05) is 0 Å². The number of imidazole rings is 1. The lowest BCUT2D eigenvalue weighted by atomic mass is 10.1. The maximum atomic E-state index is 9.10. The molecule has 0 aliphatic heterocycles. The van der Waals surface area contributed by atoms with Gasteiger partial charge in [0.15, 0.2) is 0 Å². The Morgan fingerprint density at radius 1 is 1.56 bits per heavy atom. The van der Waals surface area contributed by atoms with Gasteiger partial charge in [0.05, 0.1) is 22.8 Å². The van der Waals surface area contributed by atoms with E-state index in [-0.39, 0.29) is 5.41 Å². The lowest BCUT2D eigenvalue weighted by Crippen LogP contribution is -2.04. The Labute approximate surface area is 97.8 Å². The van der Waals surface area contributed by atoms with Gasteiger partial charge in [-0.1, -0.05) is 0 Å². The van der Waals surface area contributed by atoms with Crippen LogP contribution in [0.5, 0.6) is 0 Å². The van der Waals surface area contributed by atoms with Gasteiger partial charge in [0.1, 0.15) is 11.2 Å². The predicted octanol–water partition coefficient (Wildman–Crippen LogP) is 3.00. The fourth-order valence-electron chi connectivity index (χ4n) is 1.86. The molecule has 0 atom stereocenters. The number of thiophene rings is 1. The van der Waals surface area contributed by atoms with Crippen molar-refractivity contribution in [1.29, 1.82) is 5.26 Å². The average molecular weight is 229 g/mol. The lowest BCUT2D eigenvalue weighted by molar-refractivity contribution is 0.822. The second-order valence-electron chi connectivity index (χ2n) is 4.27. The number of nitriles is 1. The zero-order valence-electron chi connectivity index (χ0n) is 8.95. The zero-order chi connectivity index (χ0) is 11.2. The Balaban J connectivity index is 2.01.